The molecule has 0 fully saturated rings. The fraction of sp³-hybridized carbons (Fsp3) is 0.273. The first-order valence-electron chi connectivity index (χ1n) is 4.56. The monoisotopic (exact) mass is 189 g/mol. The van der Waals surface area contributed by atoms with Crippen molar-refractivity contribution in [2.75, 3.05) is 13.6 Å². The lowest BCUT2D eigenvalue weighted by Crippen LogP contribution is -2.34. The van der Waals surface area contributed by atoms with Crippen LogP contribution in [0.4, 0.5) is 0 Å². The van der Waals surface area contributed by atoms with E-state index in [1.807, 2.05) is 0 Å². The number of hydrogen-bond acceptors (Lipinski definition) is 2. The third kappa shape index (κ3) is 1.21. The highest BCUT2D eigenvalue weighted by molar-refractivity contribution is 5.98. The number of rotatable bonds is 1. The summed E-state index contributed by atoms with van der Waals surface area (Å²) in [6, 6.07) is 5.28. The molecule has 0 bridgehead atoms. The summed E-state index contributed by atoms with van der Waals surface area (Å²) >= 11 is 0. The number of likely N-dealkylation sites (N-methyl/N-ethyl adjacent to an activating group) is 1. The maximum absolute atomic E-state index is 11.7. The Morgan fingerprint density at radius 2 is 2.21 bits per heavy atom. The molecule has 0 radical (unpaired) electrons. The van der Waals surface area contributed by atoms with Crippen LogP contribution < -0.4 is 0 Å². The molecule has 0 spiro atoms. The van der Waals surface area contributed by atoms with Gasteiger partial charge in [0.25, 0.3) is 5.91 Å². The van der Waals surface area contributed by atoms with Gasteiger partial charge >= 0.3 is 0 Å². The van der Waals surface area contributed by atoms with Crippen LogP contribution in [-0.2, 0) is 6.42 Å². The highest BCUT2D eigenvalue weighted by Crippen LogP contribution is 2.20. The molecule has 0 aliphatic carbocycles. The van der Waals surface area contributed by atoms with Crippen LogP contribution in [0, 0.1) is 0 Å². The summed E-state index contributed by atoms with van der Waals surface area (Å²) in [5.74, 6) is 0.00921. The van der Waals surface area contributed by atoms with Gasteiger partial charge in [-0.05, 0) is 18.1 Å². The van der Waals surface area contributed by atoms with Crippen molar-refractivity contribution >= 4 is 12.2 Å². The highest BCUT2D eigenvalue weighted by Gasteiger charge is 2.22. The van der Waals surface area contributed by atoms with Crippen LogP contribution in [0.15, 0.2) is 18.2 Å². The average molecular weight is 189 g/mol. The largest absolute Gasteiger partial charge is 0.341 e. The molecular weight excluding hydrogens is 178 g/mol. The standard InChI is InChI=1S/C11H11NO2/c1-12-6-5-9-8(7-13)3-2-4-10(9)11(12)14/h2-4,7H,5-6H2,1H3. The number of benzene rings is 1. The van der Waals surface area contributed by atoms with E-state index in [4.69, 9.17) is 0 Å². The number of fused-ring (bicyclic) bond motifs is 1. The minimum atomic E-state index is 0.00921. The Kier molecular flexibility index (Phi) is 2.08. The molecule has 2 rings (SSSR count). The van der Waals surface area contributed by atoms with E-state index < -0.39 is 0 Å². The zero-order valence-corrected chi connectivity index (χ0v) is 7.99. The molecular formula is C11H11NO2. The van der Waals surface area contributed by atoms with E-state index in [2.05, 4.69) is 0 Å². The fourth-order valence-electron chi connectivity index (χ4n) is 1.78. The van der Waals surface area contributed by atoms with Gasteiger partial charge in [-0.3, -0.25) is 9.59 Å². The molecule has 1 amide bonds. The zero-order valence-electron chi connectivity index (χ0n) is 7.99. The first-order chi connectivity index (χ1) is 6.74. The van der Waals surface area contributed by atoms with Crippen LogP contribution in [0.25, 0.3) is 0 Å². The molecule has 3 nitrogen and oxygen atoms in total. The molecule has 14 heavy (non-hydrogen) atoms. The molecule has 0 unspecified atom stereocenters. The molecule has 0 saturated heterocycles. The average Bonchev–Trinajstić information content (AvgIpc) is 2.23. The molecule has 0 saturated carbocycles. The van der Waals surface area contributed by atoms with Crippen LogP contribution in [0.1, 0.15) is 26.3 Å². The summed E-state index contributed by atoms with van der Waals surface area (Å²) in [4.78, 5) is 24.1. The van der Waals surface area contributed by atoms with E-state index in [0.29, 0.717) is 17.7 Å². The second kappa shape index (κ2) is 3.25. The van der Waals surface area contributed by atoms with E-state index in [9.17, 15) is 9.59 Å². The predicted octanol–water partition coefficient (Wildman–Crippen LogP) is 1.13. The summed E-state index contributed by atoms with van der Waals surface area (Å²) in [7, 11) is 1.78. The van der Waals surface area contributed by atoms with Gasteiger partial charge in [0.05, 0.1) is 0 Å². The van der Waals surface area contributed by atoms with Crippen LogP contribution in [0.5, 0.6) is 0 Å². The molecule has 1 aromatic carbocycles. The first kappa shape index (κ1) is 8.94. The molecule has 1 aliphatic heterocycles. The van der Waals surface area contributed by atoms with E-state index in [-0.39, 0.29) is 5.91 Å². The Balaban J connectivity index is 2.57. The topological polar surface area (TPSA) is 37.4 Å². The van der Waals surface area contributed by atoms with Gasteiger partial charge in [-0.1, -0.05) is 12.1 Å². The van der Waals surface area contributed by atoms with Crippen molar-refractivity contribution in [3.63, 3.8) is 0 Å². The van der Waals surface area contributed by atoms with E-state index in [1.165, 1.54) is 0 Å². The third-order valence-corrected chi connectivity index (χ3v) is 2.61. The summed E-state index contributed by atoms with van der Waals surface area (Å²) in [5, 5.41) is 0. The van der Waals surface area contributed by atoms with Crippen LogP contribution in [0.2, 0.25) is 0 Å². The van der Waals surface area contributed by atoms with Crippen molar-refractivity contribution < 1.29 is 9.59 Å². The molecule has 72 valence electrons. The normalized spacial score (nSPS) is 15.2. The van der Waals surface area contributed by atoms with Gasteiger partial charge in [0, 0.05) is 24.7 Å². The first-order valence-corrected chi connectivity index (χ1v) is 4.56. The number of carbonyl (C=O) groups is 2. The van der Waals surface area contributed by atoms with Crippen molar-refractivity contribution in [1.82, 2.24) is 4.90 Å². The Hall–Kier alpha value is -1.64. The second-order valence-electron chi connectivity index (χ2n) is 3.47. The van der Waals surface area contributed by atoms with Crippen LogP contribution in [-0.4, -0.2) is 30.7 Å². The fourth-order valence-corrected chi connectivity index (χ4v) is 1.78. The smallest absolute Gasteiger partial charge is 0.253 e. The Labute approximate surface area is 82.3 Å². The van der Waals surface area contributed by atoms with Crippen LogP contribution >= 0.6 is 0 Å². The van der Waals surface area contributed by atoms with Gasteiger partial charge in [0.1, 0.15) is 6.29 Å². The van der Waals surface area contributed by atoms with E-state index in [0.717, 1.165) is 18.3 Å². The predicted molar refractivity (Wildman–Crippen MR) is 52.5 cm³/mol. The van der Waals surface area contributed by atoms with E-state index in [1.54, 1.807) is 30.1 Å². The van der Waals surface area contributed by atoms with Crippen molar-refractivity contribution in [3.8, 4) is 0 Å². The van der Waals surface area contributed by atoms with Gasteiger partial charge < -0.3 is 4.90 Å². The van der Waals surface area contributed by atoms with Crippen molar-refractivity contribution in [1.29, 1.82) is 0 Å². The molecule has 1 aliphatic rings. The van der Waals surface area contributed by atoms with Crippen LogP contribution in [0.3, 0.4) is 0 Å². The minimum absolute atomic E-state index is 0.00921. The number of carbonyl (C=O) groups excluding carboxylic acids is 2. The molecule has 1 heterocycles. The van der Waals surface area contributed by atoms with Gasteiger partial charge in [-0.15, -0.1) is 0 Å². The Morgan fingerprint density at radius 3 is 2.93 bits per heavy atom. The van der Waals surface area contributed by atoms with Gasteiger partial charge in [-0.2, -0.15) is 0 Å². The summed E-state index contributed by atoms with van der Waals surface area (Å²) in [5.41, 5.74) is 2.21. The maximum atomic E-state index is 11.7. The zero-order chi connectivity index (χ0) is 10.1. The number of amides is 1. The summed E-state index contributed by atoms with van der Waals surface area (Å²) in [6.07, 6.45) is 1.59. The molecule has 1 aromatic rings. The number of nitrogens with zero attached hydrogens (tertiary/aromatic N) is 1. The quantitative estimate of drug-likeness (QED) is 0.621. The Bertz CT molecular complexity index is 398. The highest BCUT2D eigenvalue weighted by atomic mass is 16.2. The lowest BCUT2D eigenvalue weighted by molar-refractivity contribution is 0.0781. The molecule has 0 N–H and O–H groups in total. The molecule has 0 aromatic heterocycles. The lowest BCUT2D eigenvalue weighted by atomic mass is 9.95. The van der Waals surface area contributed by atoms with Crippen molar-refractivity contribution in [3.05, 3.63) is 34.9 Å². The van der Waals surface area contributed by atoms with Gasteiger partial charge in [0.15, 0.2) is 0 Å². The van der Waals surface area contributed by atoms with Crippen molar-refractivity contribution in [2.24, 2.45) is 0 Å². The number of aldehydes is 1. The minimum Gasteiger partial charge on any atom is -0.341 e. The van der Waals surface area contributed by atoms with Gasteiger partial charge in [-0.25, -0.2) is 0 Å². The third-order valence-electron chi connectivity index (χ3n) is 2.61. The molecule has 3 heteroatoms. The Morgan fingerprint density at radius 1 is 1.43 bits per heavy atom. The molecule has 0 atom stereocenters. The second-order valence-corrected chi connectivity index (χ2v) is 3.47. The SMILES string of the molecule is CN1CCc2c(C=O)cccc2C1=O. The van der Waals surface area contributed by atoms with Gasteiger partial charge in [0.2, 0.25) is 0 Å². The lowest BCUT2D eigenvalue weighted by Gasteiger charge is -2.25. The van der Waals surface area contributed by atoms with Crippen molar-refractivity contribution in [2.45, 2.75) is 6.42 Å². The number of hydrogen-bond donors (Lipinski definition) is 0. The summed E-state index contributed by atoms with van der Waals surface area (Å²) < 4.78 is 0. The maximum Gasteiger partial charge on any atom is 0.253 e. The van der Waals surface area contributed by atoms with E-state index >= 15 is 0 Å². The summed E-state index contributed by atoms with van der Waals surface area (Å²) in [6.45, 7) is 0.691.